The first-order chi connectivity index (χ1) is 12.0. The first kappa shape index (κ1) is 21.5. The second-order valence-corrected chi connectivity index (χ2v) is 6.59. The van der Waals surface area contributed by atoms with Gasteiger partial charge in [0, 0.05) is 24.7 Å². The highest BCUT2D eigenvalue weighted by Crippen LogP contribution is 2.33. The molecule has 0 saturated heterocycles. The number of aliphatic carboxylic acids is 1. The maximum absolute atomic E-state index is 12.1. The van der Waals surface area contributed by atoms with Crippen molar-refractivity contribution in [2.75, 3.05) is 0 Å². The molecule has 6 nitrogen and oxygen atoms in total. The summed E-state index contributed by atoms with van der Waals surface area (Å²) in [4.78, 5) is 27.0. The van der Waals surface area contributed by atoms with Crippen molar-refractivity contribution in [3.63, 3.8) is 0 Å². The van der Waals surface area contributed by atoms with Gasteiger partial charge in [0.05, 0.1) is 6.10 Å². The van der Waals surface area contributed by atoms with Gasteiger partial charge in [-0.3, -0.25) is 14.8 Å². The number of hydrogen-bond acceptors (Lipinski definition) is 5. The molecule has 1 unspecified atom stereocenters. The Balaban J connectivity index is 2.59. The number of unbranched alkanes of at least 4 members (excludes halogenated alkanes) is 2. The highest BCUT2D eigenvalue weighted by atomic mass is 17.1. The second kappa shape index (κ2) is 12.0. The average molecular weight is 354 g/mol. The first-order valence-corrected chi connectivity index (χ1v) is 9.05. The monoisotopic (exact) mass is 354 g/mol. The van der Waals surface area contributed by atoms with E-state index in [2.05, 4.69) is 11.8 Å². The number of allylic oxidation sites excluding steroid dienone is 2. The second-order valence-electron chi connectivity index (χ2n) is 6.59. The van der Waals surface area contributed by atoms with Crippen molar-refractivity contribution in [3.05, 3.63) is 24.3 Å². The molecule has 0 aromatic heterocycles. The summed E-state index contributed by atoms with van der Waals surface area (Å²) in [6.45, 7) is 2.10. The van der Waals surface area contributed by atoms with Gasteiger partial charge >= 0.3 is 5.97 Å². The van der Waals surface area contributed by atoms with Gasteiger partial charge in [0.15, 0.2) is 0 Å². The number of rotatable bonds is 12. The van der Waals surface area contributed by atoms with E-state index in [4.69, 9.17) is 10.4 Å². The summed E-state index contributed by atoms with van der Waals surface area (Å²) in [7, 11) is 0. The molecule has 1 aliphatic rings. The van der Waals surface area contributed by atoms with Crippen molar-refractivity contribution >= 4 is 11.8 Å². The Morgan fingerprint density at radius 2 is 2.12 bits per heavy atom. The number of aliphatic hydroxyl groups excluding tert-OH is 1. The molecular weight excluding hydrogens is 324 g/mol. The fourth-order valence-corrected chi connectivity index (χ4v) is 3.13. The van der Waals surface area contributed by atoms with Crippen LogP contribution in [0.25, 0.3) is 0 Å². The fourth-order valence-electron chi connectivity index (χ4n) is 3.13. The van der Waals surface area contributed by atoms with E-state index in [1.54, 1.807) is 18.2 Å². The Morgan fingerprint density at radius 1 is 1.36 bits per heavy atom. The predicted octanol–water partition coefficient (Wildman–Crippen LogP) is 3.36. The normalized spacial score (nSPS) is 25.2. The molecule has 0 aromatic rings. The van der Waals surface area contributed by atoms with Crippen molar-refractivity contribution in [3.8, 4) is 0 Å². The van der Waals surface area contributed by atoms with Crippen molar-refractivity contribution in [2.24, 2.45) is 11.8 Å². The zero-order valence-corrected chi connectivity index (χ0v) is 14.8. The molecule has 6 heteroatoms. The molecule has 1 saturated carbocycles. The molecule has 4 atom stereocenters. The third-order valence-corrected chi connectivity index (χ3v) is 4.59. The van der Waals surface area contributed by atoms with Gasteiger partial charge in [0.25, 0.3) is 0 Å². The topological polar surface area (TPSA) is 104 Å². The average Bonchev–Trinajstić information content (AvgIpc) is 2.83. The molecule has 0 spiro atoms. The van der Waals surface area contributed by atoms with E-state index in [1.165, 1.54) is 0 Å². The smallest absolute Gasteiger partial charge is 0.303 e. The van der Waals surface area contributed by atoms with E-state index >= 15 is 0 Å². The Labute approximate surface area is 149 Å². The molecular formula is C19H30O6. The Morgan fingerprint density at radius 3 is 2.76 bits per heavy atom. The Bertz CT molecular complexity index is 471. The minimum absolute atomic E-state index is 0.0116. The van der Waals surface area contributed by atoms with Crippen LogP contribution in [0.1, 0.15) is 58.3 Å². The highest BCUT2D eigenvalue weighted by Gasteiger charge is 2.39. The summed E-state index contributed by atoms with van der Waals surface area (Å²) < 4.78 is 0. The molecule has 1 fully saturated rings. The van der Waals surface area contributed by atoms with E-state index in [1.807, 2.05) is 6.08 Å². The van der Waals surface area contributed by atoms with Crippen LogP contribution in [0.3, 0.4) is 0 Å². The molecule has 1 aliphatic carbocycles. The molecule has 3 N–H and O–H groups in total. The van der Waals surface area contributed by atoms with Crippen LogP contribution in [0.15, 0.2) is 24.3 Å². The van der Waals surface area contributed by atoms with Gasteiger partial charge in [-0.05, 0) is 19.3 Å². The Hall–Kier alpha value is -1.50. The molecule has 0 aliphatic heterocycles. The van der Waals surface area contributed by atoms with Crippen molar-refractivity contribution in [2.45, 2.75) is 70.5 Å². The Kier molecular flexibility index (Phi) is 10.3. The van der Waals surface area contributed by atoms with Crippen LogP contribution in [-0.2, 0) is 14.5 Å². The van der Waals surface area contributed by atoms with E-state index in [-0.39, 0.29) is 30.5 Å². The van der Waals surface area contributed by atoms with E-state index in [0.717, 1.165) is 19.3 Å². The van der Waals surface area contributed by atoms with Crippen LogP contribution in [0.4, 0.5) is 0 Å². The van der Waals surface area contributed by atoms with Crippen LogP contribution in [0, 0.1) is 11.8 Å². The summed E-state index contributed by atoms with van der Waals surface area (Å²) in [5.41, 5.74) is 0. The molecule has 0 heterocycles. The van der Waals surface area contributed by atoms with Gasteiger partial charge < -0.3 is 10.2 Å². The maximum atomic E-state index is 12.1. The molecule has 0 aromatic carbocycles. The van der Waals surface area contributed by atoms with Crippen LogP contribution in [0.2, 0.25) is 0 Å². The molecule has 25 heavy (non-hydrogen) atoms. The third-order valence-electron chi connectivity index (χ3n) is 4.59. The number of aliphatic hydroxyl groups is 1. The van der Waals surface area contributed by atoms with Crippen LogP contribution in [-0.4, -0.2) is 39.4 Å². The molecule has 1 rings (SSSR count). The lowest BCUT2D eigenvalue weighted by atomic mass is 9.90. The number of ketones is 1. The maximum Gasteiger partial charge on any atom is 0.303 e. The van der Waals surface area contributed by atoms with Gasteiger partial charge in [0.2, 0.25) is 0 Å². The molecule has 0 bridgehead atoms. The van der Waals surface area contributed by atoms with E-state index in [9.17, 15) is 14.7 Å². The summed E-state index contributed by atoms with van der Waals surface area (Å²) in [6.07, 6.45) is 10.8. The summed E-state index contributed by atoms with van der Waals surface area (Å²) in [5, 5.41) is 27.7. The highest BCUT2D eigenvalue weighted by molar-refractivity contribution is 5.84. The van der Waals surface area contributed by atoms with E-state index in [0.29, 0.717) is 19.3 Å². The number of carbonyl (C=O) groups excluding carboxylic acids is 1. The summed E-state index contributed by atoms with van der Waals surface area (Å²) in [5.74, 6) is -1.46. The lowest BCUT2D eigenvalue weighted by Crippen LogP contribution is -2.19. The number of Topliss-reactive ketones (excluding diaryl/α,β-unsaturated/α-hetero) is 1. The first-order valence-electron chi connectivity index (χ1n) is 9.05. The molecule has 142 valence electrons. The summed E-state index contributed by atoms with van der Waals surface area (Å²) in [6, 6.07) is 0. The number of hydrogen-bond donors (Lipinski definition) is 3. The molecule has 0 radical (unpaired) electrons. The standard InChI is InChI=1S/C19H30O6/c1-2-3-5-8-14(25-24)11-12-16-15(17(20)13-18(16)21)9-6-4-7-10-19(22)23/h4,6,11-12,14-16,18,21,24H,2-3,5,7-10,13H2,1H3,(H,22,23)/t14?,15-,16-,18-/m1/s1. The minimum atomic E-state index is -0.851. The zero-order chi connectivity index (χ0) is 18.7. The van der Waals surface area contributed by atoms with Crippen LogP contribution < -0.4 is 0 Å². The van der Waals surface area contributed by atoms with Gasteiger partial charge in [-0.1, -0.05) is 50.5 Å². The van der Waals surface area contributed by atoms with Gasteiger partial charge in [-0.15, -0.1) is 0 Å². The SMILES string of the molecule is CCCCCC(C=C[C@H]1[C@H](O)CC(=O)[C@@H]1CC=CCCC(=O)O)OO. The van der Waals surface area contributed by atoms with Crippen LogP contribution in [0.5, 0.6) is 0 Å². The van der Waals surface area contributed by atoms with Crippen LogP contribution >= 0.6 is 0 Å². The van der Waals surface area contributed by atoms with Crippen molar-refractivity contribution in [1.82, 2.24) is 0 Å². The largest absolute Gasteiger partial charge is 0.481 e. The lowest BCUT2D eigenvalue weighted by molar-refractivity contribution is -0.267. The minimum Gasteiger partial charge on any atom is -0.481 e. The quantitative estimate of drug-likeness (QED) is 0.215. The predicted molar refractivity (Wildman–Crippen MR) is 94.0 cm³/mol. The molecule has 0 amide bonds. The zero-order valence-electron chi connectivity index (χ0n) is 14.8. The number of carboxylic acids is 1. The van der Waals surface area contributed by atoms with E-state index < -0.39 is 18.2 Å². The van der Waals surface area contributed by atoms with Crippen molar-refractivity contribution in [1.29, 1.82) is 0 Å². The van der Waals surface area contributed by atoms with Crippen molar-refractivity contribution < 1.29 is 29.9 Å². The fraction of sp³-hybridized carbons (Fsp3) is 0.684. The lowest BCUT2D eigenvalue weighted by Gasteiger charge is -2.17. The van der Waals surface area contributed by atoms with Gasteiger partial charge in [-0.25, -0.2) is 4.89 Å². The number of carboxylic acid groups (broad SMARTS) is 1. The number of carbonyl (C=O) groups is 2. The third kappa shape index (κ3) is 7.94. The van der Waals surface area contributed by atoms with Gasteiger partial charge in [-0.2, -0.15) is 0 Å². The van der Waals surface area contributed by atoms with Gasteiger partial charge in [0.1, 0.15) is 11.9 Å². The summed E-state index contributed by atoms with van der Waals surface area (Å²) >= 11 is 0.